The number of hydrogen-bond acceptors (Lipinski definition) is 3. The van der Waals surface area contributed by atoms with Crippen molar-refractivity contribution >= 4 is 12.2 Å². The van der Waals surface area contributed by atoms with E-state index in [-0.39, 0.29) is 5.78 Å². The first-order chi connectivity index (χ1) is 6.79. The summed E-state index contributed by atoms with van der Waals surface area (Å²) in [7, 11) is 0. The molecule has 0 aromatic heterocycles. The highest BCUT2D eigenvalue weighted by Crippen LogP contribution is 2.02. The number of benzene rings is 1. The second-order valence-corrected chi connectivity index (χ2v) is 2.75. The molecule has 0 heterocycles. The fourth-order valence-corrected chi connectivity index (χ4v) is 1.10. The molecule has 4 nitrogen and oxygen atoms in total. The zero-order chi connectivity index (χ0) is 10.4. The molecule has 4 heteroatoms. The van der Waals surface area contributed by atoms with Crippen molar-refractivity contribution in [3.63, 3.8) is 0 Å². The largest absolute Gasteiger partial charge is 0.394 e. The molecular weight excluding hydrogens is 182 g/mol. The van der Waals surface area contributed by atoms with Crippen molar-refractivity contribution in [1.29, 1.82) is 0 Å². The highest BCUT2D eigenvalue weighted by atomic mass is 16.3. The van der Waals surface area contributed by atoms with Crippen LogP contribution in [0.3, 0.4) is 0 Å². The van der Waals surface area contributed by atoms with Crippen LogP contribution in [0.2, 0.25) is 0 Å². The number of ketones is 1. The maximum atomic E-state index is 11.6. The number of hydrogen-bond donors (Lipinski definition) is 2. The Labute approximate surface area is 81.6 Å². The minimum atomic E-state index is -0.852. The lowest BCUT2D eigenvalue weighted by molar-refractivity contribution is -0.110. The van der Waals surface area contributed by atoms with Gasteiger partial charge >= 0.3 is 0 Å². The van der Waals surface area contributed by atoms with Gasteiger partial charge in [0.1, 0.15) is 6.04 Å². The van der Waals surface area contributed by atoms with E-state index >= 15 is 0 Å². The van der Waals surface area contributed by atoms with Crippen molar-refractivity contribution in [3.05, 3.63) is 35.9 Å². The smallest absolute Gasteiger partial charge is 0.207 e. The van der Waals surface area contributed by atoms with Gasteiger partial charge in [0.05, 0.1) is 6.61 Å². The van der Waals surface area contributed by atoms with Gasteiger partial charge in [0.25, 0.3) is 0 Å². The summed E-state index contributed by atoms with van der Waals surface area (Å²) in [6.07, 6.45) is 0.404. The van der Waals surface area contributed by atoms with Crippen LogP contribution in [0.25, 0.3) is 0 Å². The number of amides is 1. The van der Waals surface area contributed by atoms with E-state index in [0.29, 0.717) is 12.0 Å². The number of carbonyl (C=O) groups is 2. The van der Waals surface area contributed by atoms with Crippen molar-refractivity contribution in [1.82, 2.24) is 5.32 Å². The van der Waals surface area contributed by atoms with Crippen LogP contribution < -0.4 is 5.32 Å². The number of nitrogens with one attached hydrogen (secondary N) is 1. The molecule has 0 spiro atoms. The Morgan fingerprint density at radius 2 is 2.07 bits per heavy atom. The maximum Gasteiger partial charge on any atom is 0.207 e. The number of carbonyl (C=O) groups excluding carboxylic acids is 2. The van der Waals surface area contributed by atoms with Crippen molar-refractivity contribution in [3.8, 4) is 0 Å². The molecule has 0 saturated heterocycles. The first-order valence-electron chi connectivity index (χ1n) is 4.19. The molecule has 0 radical (unpaired) electrons. The SMILES string of the molecule is O=CN[C@H](CO)C(=O)c1ccccc1. The Balaban J connectivity index is 2.78. The van der Waals surface area contributed by atoms with Gasteiger partial charge in [-0.2, -0.15) is 0 Å². The van der Waals surface area contributed by atoms with E-state index in [9.17, 15) is 9.59 Å². The third-order valence-electron chi connectivity index (χ3n) is 1.83. The molecule has 1 atom stereocenters. The standard InChI is InChI=1S/C10H11NO3/c12-6-9(11-7-13)10(14)8-4-2-1-3-5-8/h1-5,7,9,12H,6H2,(H,11,13)/t9-/m1/s1. The summed E-state index contributed by atoms with van der Waals surface area (Å²) in [5, 5.41) is 11.1. The molecule has 0 aliphatic heterocycles. The molecule has 0 saturated carbocycles. The van der Waals surface area contributed by atoms with Crippen LogP contribution in [-0.2, 0) is 4.79 Å². The second-order valence-electron chi connectivity index (χ2n) is 2.75. The molecule has 1 aromatic rings. The third kappa shape index (κ3) is 2.40. The van der Waals surface area contributed by atoms with E-state index in [4.69, 9.17) is 5.11 Å². The lowest BCUT2D eigenvalue weighted by Crippen LogP contribution is -2.38. The predicted octanol–water partition coefficient (Wildman–Crippen LogP) is -0.0238. The number of aliphatic hydroxyl groups excluding tert-OH is 1. The van der Waals surface area contributed by atoms with Crippen molar-refractivity contribution in [2.75, 3.05) is 6.61 Å². The highest BCUT2D eigenvalue weighted by molar-refractivity contribution is 6.00. The number of Topliss-reactive ketones (excluding diaryl/α,β-unsaturated/α-hetero) is 1. The molecule has 14 heavy (non-hydrogen) atoms. The van der Waals surface area contributed by atoms with Crippen LogP contribution in [0.4, 0.5) is 0 Å². The van der Waals surface area contributed by atoms with E-state index in [1.54, 1.807) is 30.3 Å². The summed E-state index contributed by atoms with van der Waals surface area (Å²) in [6.45, 7) is -0.396. The van der Waals surface area contributed by atoms with Crippen LogP contribution in [0.1, 0.15) is 10.4 Å². The topological polar surface area (TPSA) is 66.4 Å². The van der Waals surface area contributed by atoms with Gasteiger partial charge in [-0.05, 0) is 0 Å². The van der Waals surface area contributed by atoms with Gasteiger partial charge in [0.15, 0.2) is 5.78 Å². The Morgan fingerprint density at radius 3 is 2.57 bits per heavy atom. The van der Waals surface area contributed by atoms with E-state index in [2.05, 4.69) is 5.32 Å². The number of aliphatic hydroxyl groups is 1. The fraction of sp³-hybridized carbons (Fsp3) is 0.200. The van der Waals surface area contributed by atoms with Gasteiger partial charge in [0, 0.05) is 5.56 Å². The first-order valence-corrected chi connectivity index (χ1v) is 4.19. The summed E-state index contributed by atoms with van der Waals surface area (Å²) < 4.78 is 0. The van der Waals surface area contributed by atoms with E-state index < -0.39 is 12.6 Å². The molecule has 1 amide bonds. The van der Waals surface area contributed by atoms with Crippen molar-refractivity contribution in [2.24, 2.45) is 0 Å². The molecule has 0 bridgehead atoms. The molecule has 0 aliphatic rings. The van der Waals surface area contributed by atoms with Gasteiger partial charge < -0.3 is 10.4 Å². The first kappa shape index (κ1) is 10.4. The number of rotatable bonds is 5. The molecule has 1 rings (SSSR count). The normalized spacial score (nSPS) is 11.8. The Bertz CT molecular complexity index is 310. The summed E-state index contributed by atoms with van der Waals surface area (Å²) in [6, 6.07) is 7.66. The average Bonchev–Trinajstić information content (AvgIpc) is 2.26. The van der Waals surface area contributed by atoms with Crippen LogP contribution in [-0.4, -0.2) is 29.9 Å². The average molecular weight is 193 g/mol. The van der Waals surface area contributed by atoms with E-state index in [1.165, 1.54) is 0 Å². The van der Waals surface area contributed by atoms with Gasteiger partial charge in [-0.3, -0.25) is 9.59 Å². The third-order valence-corrected chi connectivity index (χ3v) is 1.83. The zero-order valence-electron chi connectivity index (χ0n) is 7.51. The van der Waals surface area contributed by atoms with Gasteiger partial charge in [-0.25, -0.2) is 0 Å². The van der Waals surface area contributed by atoms with Crippen molar-refractivity contribution in [2.45, 2.75) is 6.04 Å². The van der Waals surface area contributed by atoms with E-state index in [0.717, 1.165) is 0 Å². The Kier molecular flexibility index (Phi) is 3.82. The highest BCUT2D eigenvalue weighted by Gasteiger charge is 2.17. The summed E-state index contributed by atoms with van der Waals surface area (Å²) >= 11 is 0. The maximum absolute atomic E-state index is 11.6. The molecule has 0 fully saturated rings. The quantitative estimate of drug-likeness (QED) is 0.510. The molecule has 74 valence electrons. The molecular formula is C10H11NO3. The summed E-state index contributed by atoms with van der Waals surface area (Å²) in [5.41, 5.74) is 0.473. The summed E-state index contributed by atoms with van der Waals surface area (Å²) in [5.74, 6) is -0.291. The van der Waals surface area contributed by atoms with Gasteiger partial charge in [0.2, 0.25) is 6.41 Å². The molecule has 0 aliphatic carbocycles. The summed E-state index contributed by atoms with van der Waals surface area (Å²) in [4.78, 5) is 21.7. The predicted molar refractivity (Wildman–Crippen MR) is 50.8 cm³/mol. The Morgan fingerprint density at radius 1 is 1.43 bits per heavy atom. The van der Waals surface area contributed by atoms with Crippen LogP contribution in [0, 0.1) is 0 Å². The second kappa shape index (κ2) is 5.14. The molecule has 0 unspecified atom stereocenters. The van der Waals surface area contributed by atoms with Gasteiger partial charge in [-0.15, -0.1) is 0 Å². The lowest BCUT2D eigenvalue weighted by atomic mass is 10.1. The van der Waals surface area contributed by atoms with Crippen LogP contribution in [0.15, 0.2) is 30.3 Å². The molecule has 1 aromatic carbocycles. The van der Waals surface area contributed by atoms with Crippen molar-refractivity contribution < 1.29 is 14.7 Å². The lowest BCUT2D eigenvalue weighted by Gasteiger charge is -2.11. The molecule has 2 N–H and O–H groups in total. The minimum Gasteiger partial charge on any atom is -0.394 e. The minimum absolute atomic E-state index is 0.291. The zero-order valence-corrected chi connectivity index (χ0v) is 7.51. The van der Waals surface area contributed by atoms with Crippen LogP contribution >= 0.6 is 0 Å². The Hall–Kier alpha value is -1.68. The van der Waals surface area contributed by atoms with Gasteiger partial charge in [-0.1, -0.05) is 30.3 Å². The van der Waals surface area contributed by atoms with Crippen LogP contribution in [0.5, 0.6) is 0 Å². The monoisotopic (exact) mass is 193 g/mol. The fourth-order valence-electron chi connectivity index (χ4n) is 1.10. The van der Waals surface area contributed by atoms with E-state index in [1.807, 2.05) is 0 Å².